The number of carbonyl (C=O) groups excluding carboxylic acids is 1. The second-order valence-corrected chi connectivity index (χ2v) is 5.08. The average Bonchev–Trinajstić information content (AvgIpc) is 3.15. The fourth-order valence-corrected chi connectivity index (χ4v) is 2.17. The van der Waals surface area contributed by atoms with Crippen molar-refractivity contribution in [2.45, 2.75) is 0 Å². The maximum atomic E-state index is 12.4. The number of hydrogen-bond acceptors (Lipinski definition) is 5. The molecule has 0 aliphatic carbocycles. The lowest BCUT2D eigenvalue weighted by Gasteiger charge is -2.08. The second-order valence-electron chi connectivity index (χ2n) is 5.08. The van der Waals surface area contributed by atoms with Crippen molar-refractivity contribution in [1.82, 2.24) is 4.98 Å². The summed E-state index contributed by atoms with van der Waals surface area (Å²) in [6, 6.07) is 13.4. The van der Waals surface area contributed by atoms with Crippen molar-refractivity contribution in [1.29, 1.82) is 0 Å². The summed E-state index contributed by atoms with van der Waals surface area (Å²) in [6.45, 7) is -0.469. The third-order valence-electron chi connectivity index (χ3n) is 3.26. The Labute approximate surface area is 142 Å². The van der Waals surface area contributed by atoms with Gasteiger partial charge in [-0.2, -0.15) is 0 Å². The standard InChI is InChI=1S/C18H14N2O5/c21-16(22)11-25-15-6-2-3-12(10-15)17(23)20-14-5-1-4-13(9-14)18-19-7-8-24-18/h1-10H,11H2,(H,20,23)(H,21,22). The molecule has 2 aromatic carbocycles. The van der Waals surface area contributed by atoms with Crippen molar-refractivity contribution in [3.63, 3.8) is 0 Å². The molecule has 0 radical (unpaired) electrons. The van der Waals surface area contributed by atoms with Crippen LogP contribution in [-0.4, -0.2) is 28.6 Å². The number of ether oxygens (including phenoxy) is 1. The van der Waals surface area contributed by atoms with Crippen molar-refractivity contribution in [3.8, 4) is 17.2 Å². The number of aliphatic carboxylic acids is 1. The van der Waals surface area contributed by atoms with Crippen LogP contribution in [0.5, 0.6) is 5.75 Å². The highest BCUT2D eigenvalue weighted by atomic mass is 16.5. The summed E-state index contributed by atoms with van der Waals surface area (Å²) in [5.74, 6) is -0.660. The van der Waals surface area contributed by atoms with Gasteiger partial charge in [0.15, 0.2) is 6.61 Å². The van der Waals surface area contributed by atoms with Crippen LogP contribution in [0.15, 0.2) is 65.4 Å². The summed E-state index contributed by atoms with van der Waals surface area (Å²) in [5.41, 5.74) is 1.67. The number of oxazole rings is 1. The number of carbonyl (C=O) groups is 2. The molecule has 0 bridgehead atoms. The van der Waals surface area contributed by atoms with E-state index in [-0.39, 0.29) is 5.91 Å². The van der Waals surface area contributed by atoms with Crippen LogP contribution >= 0.6 is 0 Å². The molecule has 0 spiro atoms. The summed E-state index contributed by atoms with van der Waals surface area (Å²) in [5, 5.41) is 11.4. The van der Waals surface area contributed by atoms with Crippen molar-refractivity contribution < 1.29 is 23.8 Å². The zero-order valence-corrected chi connectivity index (χ0v) is 13.0. The van der Waals surface area contributed by atoms with Crippen LogP contribution in [0.4, 0.5) is 5.69 Å². The number of benzene rings is 2. The fraction of sp³-hybridized carbons (Fsp3) is 0.0556. The van der Waals surface area contributed by atoms with E-state index in [1.807, 2.05) is 6.07 Å². The SMILES string of the molecule is O=C(O)COc1cccc(C(=O)Nc2cccc(-c3ncco3)c2)c1. The van der Waals surface area contributed by atoms with E-state index in [0.717, 1.165) is 5.56 Å². The molecule has 1 heterocycles. The van der Waals surface area contributed by atoms with Crippen molar-refractivity contribution >= 4 is 17.6 Å². The third-order valence-corrected chi connectivity index (χ3v) is 3.26. The first kappa shape index (κ1) is 16.3. The van der Waals surface area contributed by atoms with Crippen LogP contribution < -0.4 is 10.1 Å². The maximum Gasteiger partial charge on any atom is 0.341 e. The molecule has 0 saturated carbocycles. The molecule has 7 heteroatoms. The largest absolute Gasteiger partial charge is 0.482 e. The molecular formula is C18H14N2O5. The number of nitrogens with one attached hydrogen (secondary N) is 1. The van der Waals surface area contributed by atoms with Gasteiger partial charge in [0.1, 0.15) is 12.0 Å². The zero-order chi connectivity index (χ0) is 17.6. The summed E-state index contributed by atoms with van der Waals surface area (Å²) in [4.78, 5) is 27.0. The number of rotatable bonds is 6. The fourth-order valence-electron chi connectivity index (χ4n) is 2.17. The quantitative estimate of drug-likeness (QED) is 0.716. The van der Waals surface area contributed by atoms with Gasteiger partial charge in [-0.25, -0.2) is 9.78 Å². The molecule has 2 N–H and O–H groups in total. The monoisotopic (exact) mass is 338 g/mol. The van der Waals surface area contributed by atoms with Crippen LogP contribution in [0.2, 0.25) is 0 Å². The van der Waals surface area contributed by atoms with E-state index in [9.17, 15) is 9.59 Å². The van der Waals surface area contributed by atoms with Gasteiger partial charge in [-0.05, 0) is 36.4 Å². The first-order valence-electron chi connectivity index (χ1n) is 7.38. The van der Waals surface area contributed by atoms with Gasteiger partial charge in [0.2, 0.25) is 5.89 Å². The Morgan fingerprint density at radius 1 is 1.16 bits per heavy atom. The molecule has 126 valence electrons. The van der Waals surface area contributed by atoms with Crippen LogP contribution in [0.3, 0.4) is 0 Å². The first-order valence-corrected chi connectivity index (χ1v) is 7.38. The van der Waals surface area contributed by atoms with Gasteiger partial charge in [-0.3, -0.25) is 4.79 Å². The number of hydrogen-bond donors (Lipinski definition) is 2. The minimum Gasteiger partial charge on any atom is -0.482 e. The van der Waals surface area contributed by atoms with Gasteiger partial charge < -0.3 is 19.6 Å². The molecular weight excluding hydrogens is 324 g/mol. The number of amides is 1. The van der Waals surface area contributed by atoms with Gasteiger partial charge >= 0.3 is 5.97 Å². The lowest BCUT2D eigenvalue weighted by atomic mass is 10.1. The summed E-state index contributed by atoms with van der Waals surface area (Å²) < 4.78 is 10.3. The highest BCUT2D eigenvalue weighted by molar-refractivity contribution is 6.04. The van der Waals surface area contributed by atoms with Crippen LogP contribution in [0.25, 0.3) is 11.5 Å². The van der Waals surface area contributed by atoms with Gasteiger partial charge in [0.05, 0.1) is 6.20 Å². The Kier molecular flexibility index (Phi) is 4.75. The predicted molar refractivity (Wildman–Crippen MR) is 89.5 cm³/mol. The molecule has 3 aromatic rings. The second kappa shape index (κ2) is 7.31. The minimum atomic E-state index is -1.08. The van der Waals surface area contributed by atoms with Crippen molar-refractivity contribution in [2.24, 2.45) is 0 Å². The van der Waals surface area contributed by atoms with Gasteiger partial charge in [0, 0.05) is 16.8 Å². The lowest BCUT2D eigenvalue weighted by Crippen LogP contribution is -2.13. The average molecular weight is 338 g/mol. The number of aromatic nitrogens is 1. The molecule has 3 rings (SSSR count). The number of nitrogens with zero attached hydrogens (tertiary/aromatic N) is 1. The smallest absolute Gasteiger partial charge is 0.341 e. The highest BCUT2D eigenvalue weighted by Crippen LogP contribution is 2.22. The molecule has 1 amide bonds. The Bertz CT molecular complexity index is 890. The molecule has 0 atom stereocenters. The minimum absolute atomic E-state index is 0.309. The van der Waals surface area contributed by atoms with Gasteiger partial charge in [-0.1, -0.05) is 12.1 Å². The molecule has 0 unspecified atom stereocenters. The summed E-state index contributed by atoms with van der Waals surface area (Å²) >= 11 is 0. The van der Waals surface area contributed by atoms with E-state index >= 15 is 0 Å². The van der Waals surface area contributed by atoms with Crippen LogP contribution in [0.1, 0.15) is 10.4 Å². The Balaban J connectivity index is 1.73. The van der Waals surface area contributed by atoms with Crippen molar-refractivity contribution in [3.05, 3.63) is 66.6 Å². The van der Waals surface area contributed by atoms with Crippen molar-refractivity contribution in [2.75, 3.05) is 11.9 Å². The molecule has 7 nitrogen and oxygen atoms in total. The Hall–Kier alpha value is -3.61. The Morgan fingerprint density at radius 2 is 2.00 bits per heavy atom. The number of anilines is 1. The molecule has 0 fully saturated rings. The van der Waals surface area contributed by atoms with E-state index in [1.165, 1.54) is 12.3 Å². The van der Waals surface area contributed by atoms with E-state index in [4.69, 9.17) is 14.3 Å². The molecule has 0 saturated heterocycles. The maximum absolute atomic E-state index is 12.4. The van der Waals surface area contributed by atoms with E-state index in [2.05, 4.69) is 10.3 Å². The van der Waals surface area contributed by atoms with Crippen LogP contribution in [-0.2, 0) is 4.79 Å². The summed E-state index contributed by atoms with van der Waals surface area (Å²) in [7, 11) is 0. The predicted octanol–water partition coefficient (Wildman–Crippen LogP) is 3.06. The molecule has 25 heavy (non-hydrogen) atoms. The highest BCUT2D eigenvalue weighted by Gasteiger charge is 2.10. The van der Waals surface area contributed by atoms with Crippen LogP contribution in [0, 0.1) is 0 Å². The lowest BCUT2D eigenvalue weighted by molar-refractivity contribution is -0.139. The first-order chi connectivity index (χ1) is 12.1. The molecule has 0 aliphatic rings. The number of carboxylic acid groups (broad SMARTS) is 1. The normalized spacial score (nSPS) is 10.2. The number of carboxylic acids is 1. The van der Waals surface area contributed by atoms with Gasteiger partial charge in [0.25, 0.3) is 5.91 Å². The summed E-state index contributed by atoms with van der Waals surface area (Å²) in [6.07, 6.45) is 3.02. The topological polar surface area (TPSA) is 102 Å². The van der Waals surface area contributed by atoms with Gasteiger partial charge in [-0.15, -0.1) is 0 Å². The van der Waals surface area contributed by atoms with E-state index < -0.39 is 12.6 Å². The van der Waals surface area contributed by atoms with E-state index in [1.54, 1.807) is 42.6 Å². The third kappa shape index (κ3) is 4.23. The molecule has 1 aromatic heterocycles. The molecule has 0 aliphatic heterocycles. The van der Waals surface area contributed by atoms with E-state index in [0.29, 0.717) is 22.9 Å². The zero-order valence-electron chi connectivity index (χ0n) is 13.0. The Morgan fingerprint density at radius 3 is 2.76 bits per heavy atom.